The van der Waals surface area contributed by atoms with E-state index in [1.165, 1.54) is 42.4 Å². The molecule has 1 aliphatic rings. The molecule has 0 aliphatic heterocycles. The zero-order valence-electron chi connectivity index (χ0n) is 12.3. The maximum Gasteiger partial charge on any atom is 0.0595 e. The highest BCUT2D eigenvalue weighted by atomic mass is 35.5. The lowest BCUT2D eigenvalue weighted by Gasteiger charge is -2.32. The van der Waals surface area contributed by atoms with Gasteiger partial charge in [-0.1, -0.05) is 73.3 Å². The molecule has 0 saturated carbocycles. The molecule has 2 atom stereocenters. The van der Waals surface area contributed by atoms with Crippen molar-refractivity contribution < 1.29 is 0 Å². The van der Waals surface area contributed by atoms with E-state index in [0.29, 0.717) is 16.0 Å². The van der Waals surface area contributed by atoms with Crippen LogP contribution in [0, 0.1) is 5.92 Å². The van der Waals surface area contributed by atoms with E-state index in [1.54, 1.807) is 0 Å². The van der Waals surface area contributed by atoms with E-state index in [1.807, 2.05) is 12.1 Å². The van der Waals surface area contributed by atoms with Gasteiger partial charge in [0.2, 0.25) is 0 Å². The van der Waals surface area contributed by atoms with Gasteiger partial charge in [0.25, 0.3) is 0 Å². The van der Waals surface area contributed by atoms with Crippen LogP contribution in [0.15, 0.2) is 42.5 Å². The first-order valence-corrected chi connectivity index (χ1v) is 8.47. The second-order valence-electron chi connectivity index (χ2n) is 6.02. The van der Waals surface area contributed by atoms with Crippen molar-refractivity contribution >= 4 is 23.2 Å². The van der Waals surface area contributed by atoms with Gasteiger partial charge in [-0.05, 0) is 47.6 Å². The van der Waals surface area contributed by atoms with Gasteiger partial charge < -0.3 is 0 Å². The van der Waals surface area contributed by atoms with Gasteiger partial charge in [-0.3, -0.25) is 0 Å². The van der Waals surface area contributed by atoms with E-state index in [2.05, 4.69) is 37.3 Å². The molecule has 0 radical (unpaired) electrons. The minimum absolute atomic E-state index is 0.446. The molecule has 0 unspecified atom stereocenters. The number of benzene rings is 2. The fourth-order valence-corrected chi connectivity index (χ4v) is 3.89. The molecule has 0 nitrogen and oxygen atoms in total. The molecule has 0 aromatic heterocycles. The number of hydrogen-bond donors (Lipinski definition) is 0. The zero-order chi connectivity index (χ0) is 14.8. The summed E-state index contributed by atoms with van der Waals surface area (Å²) in [7, 11) is 0. The first-order chi connectivity index (χ1) is 10.2. The van der Waals surface area contributed by atoms with Crippen LogP contribution in [0.2, 0.25) is 10.0 Å². The Bertz CT molecular complexity index is 633. The summed E-state index contributed by atoms with van der Waals surface area (Å²) in [6.07, 6.45) is 4.97. The molecule has 0 N–H and O–H groups in total. The minimum atomic E-state index is 0.446. The van der Waals surface area contributed by atoms with E-state index < -0.39 is 0 Å². The van der Waals surface area contributed by atoms with Crippen molar-refractivity contribution in [2.45, 2.75) is 38.5 Å². The highest BCUT2D eigenvalue weighted by Crippen LogP contribution is 2.41. The summed E-state index contributed by atoms with van der Waals surface area (Å²) in [4.78, 5) is 0. The standard InChI is InChI=1S/C19H20Cl2/c1-2-5-13-10-14-6-3-4-7-16(14)17(11-13)15-8-9-18(20)19(21)12-15/h3-4,6-9,12-13,17H,2,5,10-11H2,1H3/t13-,17+/m0/s1. The van der Waals surface area contributed by atoms with Gasteiger partial charge in [0.05, 0.1) is 10.0 Å². The summed E-state index contributed by atoms with van der Waals surface area (Å²) in [6, 6.07) is 14.9. The number of rotatable bonds is 3. The van der Waals surface area contributed by atoms with E-state index in [9.17, 15) is 0 Å². The second kappa shape index (κ2) is 6.42. The second-order valence-corrected chi connectivity index (χ2v) is 6.83. The van der Waals surface area contributed by atoms with Gasteiger partial charge in [0.15, 0.2) is 0 Å². The highest BCUT2D eigenvalue weighted by Gasteiger charge is 2.27. The Morgan fingerprint density at radius 2 is 1.86 bits per heavy atom. The molecule has 110 valence electrons. The van der Waals surface area contributed by atoms with Gasteiger partial charge in [-0.2, -0.15) is 0 Å². The Labute approximate surface area is 137 Å². The maximum absolute atomic E-state index is 6.23. The lowest BCUT2D eigenvalue weighted by Crippen LogP contribution is -2.19. The molecule has 0 spiro atoms. The number of fused-ring (bicyclic) bond motifs is 1. The largest absolute Gasteiger partial charge is 0.0827 e. The normalized spacial score (nSPS) is 21.1. The zero-order valence-corrected chi connectivity index (χ0v) is 13.8. The molecule has 0 heterocycles. The SMILES string of the molecule is CCC[C@H]1Cc2ccccc2[C@@H](c2ccc(Cl)c(Cl)c2)C1. The number of halogens is 2. The average molecular weight is 319 g/mol. The first-order valence-electron chi connectivity index (χ1n) is 7.71. The van der Waals surface area contributed by atoms with Crippen LogP contribution in [0.5, 0.6) is 0 Å². The molecular formula is C19H20Cl2. The molecule has 0 saturated heterocycles. The van der Waals surface area contributed by atoms with Crippen LogP contribution >= 0.6 is 23.2 Å². The summed E-state index contributed by atoms with van der Waals surface area (Å²) in [5, 5.41) is 1.29. The summed E-state index contributed by atoms with van der Waals surface area (Å²) >= 11 is 12.3. The minimum Gasteiger partial charge on any atom is -0.0827 e. The third-order valence-corrected chi connectivity index (χ3v) is 5.29. The van der Waals surface area contributed by atoms with E-state index in [-0.39, 0.29) is 0 Å². The molecule has 0 amide bonds. The van der Waals surface area contributed by atoms with Crippen molar-refractivity contribution in [3.05, 3.63) is 69.2 Å². The van der Waals surface area contributed by atoms with Crippen molar-refractivity contribution in [1.29, 1.82) is 0 Å². The predicted molar refractivity (Wildman–Crippen MR) is 91.5 cm³/mol. The van der Waals surface area contributed by atoms with Crippen molar-refractivity contribution in [3.8, 4) is 0 Å². The van der Waals surface area contributed by atoms with Crippen LogP contribution in [-0.4, -0.2) is 0 Å². The van der Waals surface area contributed by atoms with Crippen LogP contribution in [0.1, 0.15) is 48.8 Å². The molecular weight excluding hydrogens is 299 g/mol. The third kappa shape index (κ3) is 3.12. The van der Waals surface area contributed by atoms with Crippen LogP contribution in [0.3, 0.4) is 0 Å². The Morgan fingerprint density at radius 3 is 2.62 bits per heavy atom. The molecule has 21 heavy (non-hydrogen) atoms. The Morgan fingerprint density at radius 1 is 1.05 bits per heavy atom. The Kier molecular flexibility index (Phi) is 4.57. The smallest absolute Gasteiger partial charge is 0.0595 e. The third-order valence-electron chi connectivity index (χ3n) is 4.55. The van der Waals surface area contributed by atoms with Crippen molar-refractivity contribution in [3.63, 3.8) is 0 Å². The average Bonchev–Trinajstić information content (AvgIpc) is 2.50. The van der Waals surface area contributed by atoms with Crippen molar-refractivity contribution in [2.24, 2.45) is 5.92 Å². The first kappa shape index (κ1) is 14.9. The fourth-order valence-electron chi connectivity index (χ4n) is 3.59. The van der Waals surface area contributed by atoms with Gasteiger partial charge in [0.1, 0.15) is 0 Å². The molecule has 0 bridgehead atoms. The number of hydrogen-bond acceptors (Lipinski definition) is 0. The lowest BCUT2D eigenvalue weighted by atomic mass is 9.73. The van der Waals surface area contributed by atoms with E-state index in [4.69, 9.17) is 23.2 Å². The predicted octanol–water partition coefficient (Wildman–Crippen LogP) is 6.49. The topological polar surface area (TPSA) is 0 Å². The van der Waals surface area contributed by atoms with Gasteiger partial charge in [0, 0.05) is 5.92 Å². The molecule has 2 aromatic carbocycles. The van der Waals surface area contributed by atoms with Crippen LogP contribution in [-0.2, 0) is 6.42 Å². The fraction of sp³-hybridized carbons (Fsp3) is 0.368. The van der Waals surface area contributed by atoms with Crippen LogP contribution < -0.4 is 0 Å². The molecule has 2 heteroatoms. The van der Waals surface area contributed by atoms with Gasteiger partial charge in [-0.25, -0.2) is 0 Å². The summed E-state index contributed by atoms with van der Waals surface area (Å²) < 4.78 is 0. The van der Waals surface area contributed by atoms with Crippen LogP contribution in [0.4, 0.5) is 0 Å². The molecule has 2 aromatic rings. The van der Waals surface area contributed by atoms with Gasteiger partial charge in [-0.15, -0.1) is 0 Å². The quantitative estimate of drug-likeness (QED) is 0.606. The van der Waals surface area contributed by atoms with E-state index in [0.717, 1.165) is 5.92 Å². The molecule has 1 aliphatic carbocycles. The summed E-state index contributed by atoms with van der Waals surface area (Å²) in [5.74, 6) is 1.21. The monoisotopic (exact) mass is 318 g/mol. The lowest BCUT2D eigenvalue weighted by molar-refractivity contribution is 0.398. The summed E-state index contributed by atoms with van der Waals surface area (Å²) in [6.45, 7) is 2.27. The summed E-state index contributed by atoms with van der Waals surface area (Å²) in [5.41, 5.74) is 4.25. The Hall–Kier alpha value is -0.980. The maximum atomic E-state index is 6.23. The Balaban J connectivity index is 2.01. The van der Waals surface area contributed by atoms with Crippen molar-refractivity contribution in [1.82, 2.24) is 0 Å². The van der Waals surface area contributed by atoms with Crippen LogP contribution in [0.25, 0.3) is 0 Å². The highest BCUT2D eigenvalue weighted by molar-refractivity contribution is 6.42. The van der Waals surface area contributed by atoms with E-state index >= 15 is 0 Å². The van der Waals surface area contributed by atoms with Crippen molar-refractivity contribution in [2.75, 3.05) is 0 Å². The van der Waals surface area contributed by atoms with Gasteiger partial charge >= 0.3 is 0 Å². The molecule has 0 fully saturated rings. The molecule has 3 rings (SSSR count).